The molecule has 1 aliphatic carbocycles. The van der Waals surface area contributed by atoms with Gasteiger partial charge in [-0.15, -0.1) is 0 Å². The van der Waals surface area contributed by atoms with Crippen molar-refractivity contribution in [3.63, 3.8) is 0 Å². The van der Waals surface area contributed by atoms with Gasteiger partial charge in [-0.05, 0) is 30.5 Å². The summed E-state index contributed by atoms with van der Waals surface area (Å²) in [5.41, 5.74) is -0.0529. The fourth-order valence-electron chi connectivity index (χ4n) is 2.35. The van der Waals surface area contributed by atoms with Crippen LogP contribution in [0, 0.1) is 0 Å². The number of carbonyl (C=O) groups is 1. The van der Waals surface area contributed by atoms with Crippen molar-refractivity contribution in [1.82, 2.24) is 0 Å². The fraction of sp³-hybridized carbons (Fsp3) is 0.417. The number of benzene rings is 1. The lowest BCUT2D eigenvalue weighted by atomic mass is 9.89. The molecule has 18 heavy (non-hydrogen) atoms. The van der Waals surface area contributed by atoms with Crippen LogP contribution in [0.1, 0.15) is 18.4 Å². The summed E-state index contributed by atoms with van der Waals surface area (Å²) in [4.78, 5) is 10.9. The molecule has 1 unspecified atom stereocenters. The Bertz CT molecular complexity index is 523. The first-order valence-electron chi connectivity index (χ1n) is 5.55. The average molecular weight is 271 g/mol. The highest BCUT2D eigenvalue weighted by Crippen LogP contribution is 2.54. The number of halogens is 1. The molecule has 0 aromatic heterocycles. The van der Waals surface area contributed by atoms with E-state index in [4.69, 9.17) is 26.2 Å². The summed E-state index contributed by atoms with van der Waals surface area (Å²) >= 11 is 6.06. The normalized spacial score (nSPS) is 20.6. The second-order valence-corrected chi connectivity index (χ2v) is 5.00. The van der Waals surface area contributed by atoms with Crippen LogP contribution in [0.4, 0.5) is 0 Å². The van der Waals surface area contributed by atoms with Gasteiger partial charge in [0.05, 0.1) is 5.02 Å². The number of ether oxygens (including phenoxy) is 2. The molecule has 1 saturated carbocycles. The van der Waals surface area contributed by atoms with Gasteiger partial charge in [-0.2, -0.15) is 0 Å². The van der Waals surface area contributed by atoms with E-state index in [1.807, 2.05) is 0 Å². The summed E-state index contributed by atoms with van der Waals surface area (Å²) in [5.74, 6) is -0.247. The number of carboxylic acid groups (broad SMARTS) is 1. The van der Waals surface area contributed by atoms with Crippen LogP contribution >= 0.6 is 11.6 Å². The number of carboxylic acids is 1. The highest BCUT2D eigenvalue weighted by Gasteiger charge is 2.54. The zero-order valence-corrected chi connectivity index (χ0v) is 10.1. The zero-order chi connectivity index (χ0) is 12.9. The molecular formula is C12H11ClO5. The number of aliphatic carboxylic acids is 1. The van der Waals surface area contributed by atoms with Gasteiger partial charge in [-0.1, -0.05) is 11.6 Å². The Kier molecular flexibility index (Phi) is 2.43. The minimum Gasteiger partial charge on any atom is -0.479 e. The van der Waals surface area contributed by atoms with Crippen LogP contribution in [0.5, 0.6) is 11.5 Å². The highest BCUT2D eigenvalue weighted by molar-refractivity contribution is 6.32. The molecule has 0 spiro atoms. The zero-order valence-electron chi connectivity index (χ0n) is 9.35. The molecule has 0 radical (unpaired) electrons. The molecule has 1 aliphatic heterocycles. The van der Waals surface area contributed by atoms with Crippen molar-refractivity contribution in [3.8, 4) is 11.5 Å². The summed E-state index contributed by atoms with van der Waals surface area (Å²) in [6.45, 7) is 0.104. The average Bonchev–Trinajstić information content (AvgIpc) is 3.00. The van der Waals surface area contributed by atoms with Crippen molar-refractivity contribution in [2.45, 2.75) is 24.4 Å². The van der Waals surface area contributed by atoms with Gasteiger partial charge in [-0.25, -0.2) is 4.79 Å². The standard InChI is InChI=1S/C12H11ClO5/c13-7-3-6(4-8-9(7)18-5-17-8)12(1-2-12)10(14)11(15)16/h3-4,10,14H,1-2,5H2,(H,15,16). The topological polar surface area (TPSA) is 76.0 Å². The lowest BCUT2D eigenvalue weighted by Crippen LogP contribution is -2.33. The number of hydrogen-bond donors (Lipinski definition) is 2. The molecule has 1 aromatic carbocycles. The Morgan fingerprint density at radius 2 is 2.11 bits per heavy atom. The number of aliphatic hydroxyl groups is 1. The van der Waals surface area contributed by atoms with E-state index in [1.54, 1.807) is 12.1 Å². The van der Waals surface area contributed by atoms with Crippen molar-refractivity contribution < 1.29 is 24.5 Å². The molecule has 1 atom stereocenters. The van der Waals surface area contributed by atoms with Gasteiger partial charge in [0, 0.05) is 5.41 Å². The van der Waals surface area contributed by atoms with Gasteiger partial charge in [0.25, 0.3) is 0 Å². The lowest BCUT2D eigenvalue weighted by Gasteiger charge is -2.19. The van der Waals surface area contributed by atoms with Crippen molar-refractivity contribution >= 4 is 17.6 Å². The third kappa shape index (κ3) is 1.54. The van der Waals surface area contributed by atoms with E-state index in [2.05, 4.69) is 0 Å². The van der Waals surface area contributed by atoms with Crippen LogP contribution in [-0.4, -0.2) is 29.1 Å². The Morgan fingerprint density at radius 1 is 1.39 bits per heavy atom. The molecule has 96 valence electrons. The largest absolute Gasteiger partial charge is 0.479 e. The number of fused-ring (bicyclic) bond motifs is 1. The van der Waals surface area contributed by atoms with E-state index in [9.17, 15) is 9.90 Å². The molecule has 2 N–H and O–H groups in total. The predicted molar refractivity (Wildman–Crippen MR) is 62.1 cm³/mol. The summed E-state index contributed by atoms with van der Waals surface area (Å²) in [7, 11) is 0. The fourth-order valence-corrected chi connectivity index (χ4v) is 2.61. The van der Waals surface area contributed by atoms with Crippen LogP contribution in [-0.2, 0) is 10.2 Å². The van der Waals surface area contributed by atoms with E-state index in [-0.39, 0.29) is 6.79 Å². The first-order valence-corrected chi connectivity index (χ1v) is 5.93. The van der Waals surface area contributed by atoms with Gasteiger partial charge in [0.15, 0.2) is 17.6 Å². The summed E-state index contributed by atoms with van der Waals surface area (Å²) in [5, 5.41) is 19.1. The number of rotatable bonds is 3. The Morgan fingerprint density at radius 3 is 2.72 bits per heavy atom. The molecule has 1 aromatic rings. The first kappa shape index (κ1) is 11.6. The summed E-state index contributed by atoms with van der Waals surface area (Å²) < 4.78 is 10.4. The minimum atomic E-state index is -1.42. The summed E-state index contributed by atoms with van der Waals surface area (Å²) in [6, 6.07) is 3.35. The monoisotopic (exact) mass is 270 g/mol. The molecule has 0 saturated heterocycles. The molecular weight excluding hydrogens is 260 g/mol. The van der Waals surface area contributed by atoms with Gasteiger partial charge >= 0.3 is 5.97 Å². The maximum atomic E-state index is 10.9. The molecule has 1 fully saturated rings. The molecule has 5 nitrogen and oxygen atoms in total. The van der Waals surface area contributed by atoms with E-state index in [1.165, 1.54) is 0 Å². The van der Waals surface area contributed by atoms with Crippen molar-refractivity contribution in [1.29, 1.82) is 0 Å². The van der Waals surface area contributed by atoms with Crippen LogP contribution in [0.25, 0.3) is 0 Å². The predicted octanol–water partition coefficient (Wildman–Crippen LogP) is 1.55. The van der Waals surface area contributed by atoms with Gasteiger partial charge in [0.1, 0.15) is 0 Å². The quantitative estimate of drug-likeness (QED) is 0.871. The van der Waals surface area contributed by atoms with Gasteiger partial charge in [-0.3, -0.25) is 0 Å². The van der Waals surface area contributed by atoms with Gasteiger partial charge in [0.2, 0.25) is 6.79 Å². The molecule has 3 rings (SSSR count). The van der Waals surface area contributed by atoms with Crippen LogP contribution in [0.2, 0.25) is 5.02 Å². The van der Waals surface area contributed by atoms with Crippen molar-refractivity contribution in [2.24, 2.45) is 0 Å². The molecule has 6 heteroatoms. The van der Waals surface area contributed by atoms with Crippen LogP contribution in [0.3, 0.4) is 0 Å². The lowest BCUT2D eigenvalue weighted by molar-refractivity contribution is -0.148. The Hall–Kier alpha value is -1.46. The second-order valence-electron chi connectivity index (χ2n) is 4.59. The molecule has 1 heterocycles. The smallest absolute Gasteiger partial charge is 0.333 e. The third-order valence-electron chi connectivity index (χ3n) is 3.55. The Labute approximate surface area is 108 Å². The minimum absolute atomic E-state index is 0.104. The second kappa shape index (κ2) is 3.76. The maximum absolute atomic E-state index is 10.9. The van der Waals surface area contributed by atoms with Crippen molar-refractivity contribution in [2.75, 3.05) is 6.79 Å². The third-order valence-corrected chi connectivity index (χ3v) is 3.83. The summed E-state index contributed by atoms with van der Waals surface area (Å²) in [6.07, 6.45) is -0.179. The Balaban J connectivity index is 2.03. The highest BCUT2D eigenvalue weighted by atomic mass is 35.5. The van der Waals surface area contributed by atoms with E-state index in [0.717, 1.165) is 0 Å². The van der Waals surface area contributed by atoms with E-state index in [0.29, 0.717) is 34.9 Å². The maximum Gasteiger partial charge on any atom is 0.333 e. The number of hydrogen-bond acceptors (Lipinski definition) is 4. The SMILES string of the molecule is O=C(O)C(O)C1(c2cc(Cl)c3c(c2)OCO3)CC1. The van der Waals surface area contributed by atoms with Gasteiger partial charge < -0.3 is 19.7 Å². The van der Waals surface area contributed by atoms with E-state index < -0.39 is 17.5 Å². The molecule has 0 bridgehead atoms. The van der Waals surface area contributed by atoms with Crippen LogP contribution < -0.4 is 9.47 Å². The van der Waals surface area contributed by atoms with E-state index >= 15 is 0 Å². The first-order chi connectivity index (χ1) is 8.54. The van der Waals surface area contributed by atoms with Crippen molar-refractivity contribution in [3.05, 3.63) is 22.7 Å². The number of aliphatic hydroxyl groups excluding tert-OH is 1. The molecule has 0 amide bonds. The van der Waals surface area contributed by atoms with Crippen LogP contribution in [0.15, 0.2) is 12.1 Å². The molecule has 2 aliphatic rings.